The molecule has 0 saturated carbocycles. The second-order valence-electron chi connectivity index (χ2n) is 4.66. The van der Waals surface area contributed by atoms with Gasteiger partial charge < -0.3 is 10.2 Å². The van der Waals surface area contributed by atoms with Crippen LogP contribution in [0, 0.1) is 0 Å². The first-order valence-electron chi connectivity index (χ1n) is 6.13. The van der Waals surface area contributed by atoms with Crippen molar-refractivity contribution in [3.63, 3.8) is 0 Å². The van der Waals surface area contributed by atoms with E-state index < -0.39 is 0 Å². The summed E-state index contributed by atoms with van der Waals surface area (Å²) in [6.45, 7) is 3.04. The van der Waals surface area contributed by atoms with Gasteiger partial charge in [0.1, 0.15) is 6.33 Å². The molecule has 2 heterocycles. The zero-order valence-electron chi connectivity index (χ0n) is 10.4. The Hall–Kier alpha value is -1.94. The summed E-state index contributed by atoms with van der Waals surface area (Å²) >= 11 is 0. The second-order valence-corrected chi connectivity index (χ2v) is 4.66. The normalized spacial score (nSPS) is 15.6. The van der Waals surface area contributed by atoms with E-state index in [1.807, 2.05) is 12.4 Å². The van der Waals surface area contributed by atoms with Crippen molar-refractivity contribution in [1.82, 2.24) is 14.9 Å². The molecule has 4 heteroatoms. The Morgan fingerprint density at radius 3 is 2.83 bits per heavy atom. The molecular weight excluding hydrogens is 224 g/mol. The topological polar surface area (TPSA) is 41.0 Å². The summed E-state index contributed by atoms with van der Waals surface area (Å²) in [6.07, 6.45) is 5.26. The predicted octanol–water partition coefficient (Wildman–Crippen LogP) is 2.00. The molecule has 3 rings (SSSR count). The summed E-state index contributed by atoms with van der Waals surface area (Å²) in [7, 11) is 2.15. The summed E-state index contributed by atoms with van der Waals surface area (Å²) < 4.78 is 0. The maximum atomic E-state index is 4.07. The molecule has 0 amide bonds. The fraction of sp³-hybridized carbons (Fsp3) is 0.286. The van der Waals surface area contributed by atoms with Gasteiger partial charge in [0, 0.05) is 43.3 Å². The van der Waals surface area contributed by atoms with Gasteiger partial charge in [0.2, 0.25) is 0 Å². The Kier molecular flexibility index (Phi) is 2.94. The van der Waals surface area contributed by atoms with E-state index in [1.165, 1.54) is 16.8 Å². The Morgan fingerprint density at radius 1 is 1.17 bits per heavy atom. The molecule has 1 aromatic carbocycles. The molecule has 1 aromatic heterocycles. The van der Waals surface area contributed by atoms with E-state index in [0.29, 0.717) is 0 Å². The van der Waals surface area contributed by atoms with Crippen molar-refractivity contribution in [2.24, 2.45) is 0 Å². The molecule has 1 aliphatic rings. The average Bonchev–Trinajstić information content (AvgIpc) is 2.59. The molecule has 1 aliphatic heterocycles. The first-order valence-corrected chi connectivity index (χ1v) is 6.13. The molecule has 0 bridgehead atoms. The van der Waals surface area contributed by atoms with E-state index in [2.05, 4.69) is 45.4 Å². The molecule has 92 valence electrons. The van der Waals surface area contributed by atoms with Crippen LogP contribution in [0.1, 0.15) is 5.56 Å². The molecule has 0 unspecified atom stereocenters. The zero-order valence-corrected chi connectivity index (χ0v) is 10.4. The molecule has 0 aliphatic carbocycles. The van der Waals surface area contributed by atoms with Gasteiger partial charge in [-0.15, -0.1) is 0 Å². The number of nitrogens with one attached hydrogen (secondary N) is 1. The van der Waals surface area contributed by atoms with Gasteiger partial charge in [-0.2, -0.15) is 0 Å². The molecule has 2 aromatic rings. The van der Waals surface area contributed by atoms with Crippen LogP contribution in [0.4, 0.5) is 5.69 Å². The van der Waals surface area contributed by atoms with Crippen LogP contribution in [0.2, 0.25) is 0 Å². The van der Waals surface area contributed by atoms with Crippen molar-refractivity contribution >= 4 is 5.69 Å². The maximum absolute atomic E-state index is 4.07. The lowest BCUT2D eigenvalue weighted by atomic mass is 10.0. The Morgan fingerprint density at radius 2 is 2.00 bits per heavy atom. The van der Waals surface area contributed by atoms with Crippen molar-refractivity contribution in [2.45, 2.75) is 6.54 Å². The lowest BCUT2D eigenvalue weighted by molar-refractivity contribution is 0.346. The molecular formula is C14H16N4. The molecule has 0 saturated heterocycles. The lowest BCUT2D eigenvalue weighted by Crippen LogP contribution is -2.20. The number of hydrogen-bond donors (Lipinski definition) is 1. The minimum atomic E-state index is 0.976. The highest BCUT2D eigenvalue weighted by Gasteiger charge is 2.11. The quantitative estimate of drug-likeness (QED) is 0.827. The van der Waals surface area contributed by atoms with E-state index in [4.69, 9.17) is 0 Å². The Balaban J connectivity index is 2.00. The van der Waals surface area contributed by atoms with Gasteiger partial charge >= 0.3 is 0 Å². The third-order valence-corrected chi connectivity index (χ3v) is 3.25. The van der Waals surface area contributed by atoms with E-state index in [-0.39, 0.29) is 0 Å². The summed E-state index contributed by atoms with van der Waals surface area (Å²) in [6, 6.07) is 6.50. The summed E-state index contributed by atoms with van der Waals surface area (Å²) in [5.74, 6) is 0. The van der Waals surface area contributed by atoms with Gasteiger partial charge in [-0.1, -0.05) is 6.07 Å². The van der Waals surface area contributed by atoms with Crippen LogP contribution < -0.4 is 5.32 Å². The van der Waals surface area contributed by atoms with Gasteiger partial charge in [0.05, 0.1) is 0 Å². The van der Waals surface area contributed by atoms with Crippen LogP contribution in [-0.4, -0.2) is 35.0 Å². The van der Waals surface area contributed by atoms with Crippen LogP contribution in [0.15, 0.2) is 36.9 Å². The van der Waals surface area contributed by atoms with Crippen molar-refractivity contribution in [2.75, 3.05) is 25.5 Å². The van der Waals surface area contributed by atoms with Crippen molar-refractivity contribution in [3.8, 4) is 11.1 Å². The van der Waals surface area contributed by atoms with Crippen LogP contribution in [0.3, 0.4) is 0 Å². The molecule has 0 radical (unpaired) electrons. The molecule has 0 atom stereocenters. The van der Waals surface area contributed by atoms with E-state index in [1.54, 1.807) is 6.33 Å². The van der Waals surface area contributed by atoms with Gasteiger partial charge in [-0.3, -0.25) is 0 Å². The summed E-state index contributed by atoms with van der Waals surface area (Å²) in [5, 5.41) is 3.46. The fourth-order valence-corrected chi connectivity index (χ4v) is 2.28. The number of likely N-dealkylation sites (N-methyl/N-ethyl adjacent to an activating group) is 1. The van der Waals surface area contributed by atoms with Gasteiger partial charge in [-0.25, -0.2) is 9.97 Å². The standard InChI is InChI=1S/C14H16N4/c1-18-5-4-17-14-3-2-11(6-12(14)9-18)13-7-15-10-16-8-13/h2-3,6-8,10,17H,4-5,9H2,1H3. The third-order valence-electron chi connectivity index (χ3n) is 3.25. The van der Waals surface area contributed by atoms with E-state index in [9.17, 15) is 0 Å². The third kappa shape index (κ3) is 2.19. The molecule has 0 spiro atoms. The van der Waals surface area contributed by atoms with E-state index >= 15 is 0 Å². The monoisotopic (exact) mass is 240 g/mol. The number of aromatic nitrogens is 2. The number of benzene rings is 1. The van der Waals surface area contributed by atoms with E-state index in [0.717, 1.165) is 25.2 Å². The van der Waals surface area contributed by atoms with Crippen LogP contribution in [-0.2, 0) is 6.54 Å². The van der Waals surface area contributed by atoms with Crippen LogP contribution >= 0.6 is 0 Å². The van der Waals surface area contributed by atoms with Gasteiger partial charge in [0.25, 0.3) is 0 Å². The van der Waals surface area contributed by atoms with Crippen LogP contribution in [0.5, 0.6) is 0 Å². The lowest BCUT2D eigenvalue weighted by Gasteiger charge is -2.13. The smallest absolute Gasteiger partial charge is 0.115 e. The first-order chi connectivity index (χ1) is 8.83. The fourth-order valence-electron chi connectivity index (χ4n) is 2.28. The maximum Gasteiger partial charge on any atom is 0.115 e. The number of nitrogens with zero attached hydrogens (tertiary/aromatic N) is 3. The second kappa shape index (κ2) is 4.74. The summed E-state index contributed by atoms with van der Waals surface area (Å²) in [4.78, 5) is 10.5. The largest absolute Gasteiger partial charge is 0.383 e. The minimum absolute atomic E-state index is 0.976. The number of fused-ring (bicyclic) bond motifs is 1. The average molecular weight is 240 g/mol. The zero-order chi connectivity index (χ0) is 12.4. The number of rotatable bonds is 1. The van der Waals surface area contributed by atoms with Crippen molar-refractivity contribution in [1.29, 1.82) is 0 Å². The minimum Gasteiger partial charge on any atom is -0.383 e. The SMILES string of the molecule is CN1CCNc2ccc(-c3cncnc3)cc2C1. The van der Waals surface area contributed by atoms with Crippen LogP contribution in [0.25, 0.3) is 11.1 Å². The highest BCUT2D eigenvalue weighted by atomic mass is 15.1. The highest BCUT2D eigenvalue weighted by Crippen LogP contribution is 2.26. The summed E-state index contributed by atoms with van der Waals surface area (Å²) in [5.41, 5.74) is 4.80. The number of hydrogen-bond acceptors (Lipinski definition) is 4. The first kappa shape index (κ1) is 11.2. The van der Waals surface area contributed by atoms with Crippen molar-refractivity contribution in [3.05, 3.63) is 42.5 Å². The highest BCUT2D eigenvalue weighted by molar-refractivity contribution is 5.67. The Labute approximate surface area is 107 Å². The molecule has 4 nitrogen and oxygen atoms in total. The Bertz CT molecular complexity index is 539. The molecule has 1 N–H and O–H groups in total. The molecule has 18 heavy (non-hydrogen) atoms. The van der Waals surface area contributed by atoms with Crippen molar-refractivity contribution < 1.29 is 0 Å². The van der Waals surface area contributed by atoms with Gasteiger partial charge in [-0.05, 0) is 30.3 Å². The molecule has 0 fully saturated rings. The number of anilines is 1. The van der Waals surface area contributed by atoms with Gasteiger partial charge in [0.15, 0.2) is 0 Å². The predicted molar refractivity (Wildman–Crippen MR) is 72.3 cm³/mol.